The van der Waals surface area contributed by atoms with E-state index in [1.165, 1.54) is 0 Å². The molecular formula is C14H12Cl4N2O2. The van der Waals surface area contributed by atoms with Crippen LogP contribution in [0.2, 0.25) is 10.0 Å². The van der Waals surface area contributed by atoms with Gasteiger partial charge >= 0.3 is 5.97 Å². The van der Waals surface area contributed by atoms with Crippen LogP contribution >= 0.6 is 46.4 Å². The van der Waals surface area contributed by atoms with E-state index >= 15 is 0 Å². The number of carbonyl (C=O) groups excluding carboxylic acids is 1. The second kappa shape index (κ2) is 7.09. The fraction of sp³-hybridized carbons (Fsp3) is 0.286. The van der Waals surface area contributed by atoms with Crippen molar-refractivity contribution in [2.24, 2.45) is 0 Å². The molecule has 1 unspecified atom stereocenters. The minimum Gasteiger partial charge on any atom is -0.406 e. The number of aryl methyl sites for hydroxylation is 1. The number of hydrogen-bond donors (Lipinski definition) is 0. The molecule has 8 heteroatoms. The molecule has 1 atom stereocenters. The Morgan fingerprint density at radius 3 is 2.50 bits per heavy atom. The maximum absolute atomic E-state index is 11.6. The molecule has 0 spiro atoms. The molecule has 0 radical (unpaired) electrons. The van der Waals surface area contributed by atoms with Gasteiger partial charge in [-0.05, 0) is 31.5 Å². The van der Waals surface area contributed by atoms with Gasteiger partial charge < -0.3 is 4.74 Å². The van der Waals surface area contributed by atoms with E-state index in [-0.39, 0.29) is 11.9 Å². The van der Waals surface area contributed by atoms with Gasteiger partial charge in [-0.25, -0.2) is 9.48 Å². The van der Waals surface area contributed by atoms with Gasteiger partial charge in [0.2, 0.25) is 10.7 Å². The van der Waals surface area contributed by atoms with Gasteiger partial charge in [0.25, 0.3) is 0 Å². The van der Waals surface area contributed by atoms with E-state index in [2.05, 4.69) is 5.10 Å². The first-order chi connectivity index (χ1) is 10.3. The first kappa shape index (κ1) is 17.4. The van der Waals surface area contributed by atoms with Gasteiger partial charge in [0, 0.05) is 6.07 Å². The average Bonchev–Trinajstić information content (AvgIpc) is 2.81. The molecule has 22 heavy (non-hydrogen) atoms. The van der Waals surface area contributed by atoms with Gasteiger partial charge in [-0.2, -0.15) is 5.10 Å². The van der Waals surface area contributed by atoms with Crippen LogP contribution in [0.4, 0.5) is 0 Å². The van der Waals surface area contributed by atoms with Gasteiger partial charge in [-0.1, -0.05) is 52.5 Å². The van der Waals surface area contributed by atoms with Gasteiger partial charge in [-0.3, -0.25) is 0 Å². The van der Waals surface area contributed by atoms with Crippen molar-refractivity contribution in [1.29, 1.82) is 0 Å². The summed E-state index contributed by atoms with van der Waals surface area (Å²) in [6, 6.07) is 6.67. The maximum atomic E-state index is 11.6. The average molecular weight is 382 g/mol. The van der Waals surface area contributed by atoms with E-state index in [0.717, 1.165) is 5.56 Å². The molecule has 2 aromatic rings. The van der Waals surface area contributed by atoms with E-state index in [4.69, 9.17) is 51.1 Å². The lowest BCUT2D eigenvalue weighted by atomic mass is 10.1. The molecular weight excluding hydrogens is 370 g/mol. The summed E-state index contributed by atoms with van der Waals surface area (Å²) in [4.78, 5) is 10.3. The van der Waals surface area contributed by atoms with Crippen molar-refractivity contribution in [3.05, 3.63) is 45.6 Å². The lowest BCUT2D eigenvalue weighted by molar-refractivity contribution is -0.132. The first-order valence-corrected chi connectivity index (χ1v) is 7.93. The number of aromatic nitrogens is 2. The number of carbonyl (C=O) groups is 1. The summed E-state index contributed by atoms with van der Waals surface area (Å²) in [5.41, 5.74) is 1.55. The van der Waals surface area contributed by atoms with E-state index in [1.54, 1.807) is 29.8 Å². The SMILES string of the molecule is Cc1cc(OC(=O)C(Cl)Cl)n(C(C)c2ccc(Cl)c(Cl)c2)n1. The molecule has 0 N–H and O–H groups in total. The lowest BCUT2D eigenvalue weighted by Gasteiger charge is -2.16. The Hall–Kier alpha value is -0.940. The molecule has 0 bridgehead atoms. The predicted octanol–water partition coefficient (Wildman–Crippen LogP) is 4.82. The monoisotopic (exact) mass is 380 g/mol. The number of alkyl halides is 2. The van der Waals surface area contributed by atoms with Crippen molar-refractivity contribution in [1.82, 2.24) is 9.78 Å². The summed E-state index contributed by atoms with van der Waals surface area (Å²) in [5, 5.41) is 5.23. The smallest absolute Gasteiger partial charge is 0.346 e. The third kappa shape index (κ3) is 3.87. The Bertz CT molecular complexity index is 700. The Morgan fingerprint density at radius 1 is 1.23 bits per heavy atom. The second-order valence-electron chi connectivity index (χ2n) is 4.64. The molecule has 2 rings (SSSR count). The third-order valence-corrected chi connectivity index (χ3v) is 4.10. The summed E-state index contributed by atoms with van der Waals surface area (Å²) in [6.45, 7) is 3.68. The highest BCUT2D eigenvalue weighted by Crippen LogP contribution is 2.29. The third-order valence-electron chi connectivity index (χ3n) is 3.00. The Morgan fingerprint density at radius 2 is 1.91 bits per heavy atom. The fourth-order valence-corrected chi connectivity index (χ4v) is 2.30. The fourth-order valence-electron chi connectivity index (χ4n) is 1.91. The number of halogens is 4. The van der Waals surface area contributed by atoms with Crippen LogP contribution in [0.5, 0.6) is 5.88 Å². The number of benzene rings is 1. The lowest BCUT2D eigenvalue weighted by Crippen LogP contribution is -2.19. The normalized spacial score (nSPS) is 12.5. The number of rotatable bonds is 4. The number of esters is 1. The molecule has 118 valence electrons. The van der Waals surface area contributed by atoms with E-state index in [9.17, 15) is 4.79 Å². The van der Waals surface area contributed by atoms with E-state index < -0.39 is 10.8 Å². The van der Waals surface area contributed by atoms with Gasteiger partial charge in [0.1, 0.15) is 0 Å². The molecule has 0 aliphatic heterocycles. The van der Waals surface area contributed by atoms with Gasteiger partial charge in [-0.15, -0.1) is 0 Å². The Kier molecular flexibility index (Phi) is 5.61. The summed E-state index contributed by atoms with van der Waals surface area (Å²) in [5.74, 6) is -0.502. The molecule has 1 aromatic carbocycles. The van der Waals surface area contributed by atoms with Crippen molar-refractivity contribution >= 4 is 52.4 Å². The molecule has 0 aliphatic rings. The molecule has 0 saturated heterocycles. The van der Waals surface area contributed by atoms with Crippen LogP contribution in [0.1, 0.15) is 24.2 Å². The summed E-state index contributed by atoms with van der Waals surface area (Å²) in [6.07, 6.45) is 0. The van der Waals surface area contributed by atoms with Crippen LogP contribution in [0, 0.1) is 6.92 Å². The highest BCUT2D eigenvalue weighted by molar-refractivity contribution is 6.53. The van der Waals surface area contributed by atoms with Crippen molar-refractivity contribution < 1.29 is 9.53 Å². The Labute approximate surface area is 147 Å². The van der Waals surface area contributed by atoms with Crippen molar-refractivity contribution in [3.63, 3.8) is 0 Å². The predicted molar refractivity (Wildman–Crippen MR) is 88.4 cm³/mol. The highest BCUT2D eigenvalue weighted by Gasteiger charge is 2.21. The van der Waals surface area contributed by atoms with Crippen LogP contribution in [0.25, 0.3) is 0 Å². The molecule has 0 saturated carbocycles. The van der Waals surface area contributed by atoms with Crippen LogP contribution in [-0.2, 0) is 4.79 Å². The van der Waals surface area contributed by atoms with Crippen LogP contribution in [-0.4, -0.2) is 20.6 Å². The van der Waals surface area contributed by atoms with Crippen molar-refractivity contribution in [2.45, 2.75) is 24.7 Å². The number of nitrogens with zero attached hydrogens (tertiary/aromatic N) is 2. The second-order valence-corrected chi connectivity index (χ2v) is 6.55. The van der Waals surface area contributed by atoms with Crippen LogP contribution < -0.4 is 4.74 Å². The first-order valence-electron chi connectivity index (χ1n) is 6.30. The summed E-state index contributed by atoms with van der Waals surface area (Å²) in [7, 11) is 0. The standard InChI is InChI=1S/C14H12Cl4N2O2/c1-7-5-12(22-14(21)13(17)18)20(19-7)8(2)9-3-4-10(15)11(16)6-9/h3-6,8,13H,1-2H3. The zero-order valence-electron chi connectivity index (χ0n) is 11.7. The Balaban J connectivity index is 2.34. The maximum Gasteiger partial charge on any atom is 0.346 e. The highest BCUT2D eigenvalue weighted by atomic mass is 35.5. The molecule has 1 aromatic heterocycles. The van der Waals surface area contributed by atoms with E-state index in [1.807, 2.05) is 13.0 Å². The van der Waals surface area contributed by atoms with Gasteiger partial charge in [0.15, 0.2) is 0 Å². The van der Waals surface area contributed by atoms with Crippen LogP contribution in [0.15, 0.2) is 24.3 Å². The van der Waals surface area contributed by atoms with E-state index in [0.29, 0.717) is 15.7 Å². The van der Waals surface area contributed by atoms with Crippen molar-refractivity contribution in [2.75, 3.05) is 0 Å². The van der Waals surface area contributed by atoms with Crippen molar-refractivity contribution in [3.8, 4) is 5.88 Å². The zero-order chi connectivity index (χ0) is 16.4. The number of hydrogen-bond acceptors (Lipinski definition) is 3. The zero-order valence-corrected chi connectivity index (χ0v) is 14.7. The molecule has 0 amide bonds. The quantitative estimate of drug-likeness (QED) is 0.563. The minimum atomic E-state index is -1.26. The topological polar surface area (TPSA) is 44.1 Å². The number of ether oxygens (including phenoxy) is 1. The van der Waals surface area contributed by atoms with Crippen LogP contribution in [0.3, 0.4) is 0 Å². The molecule has 0 aliphatic carbocycles. The minimum absolute atomic E-state index is 0.227. The summed E-state index contributed by atoms with van der Waals surface area (Å²) >= 11 is 23.0. The molecule has 1 heterocycles. The molecule has 0 fully saturated rings. The summed E-state index contributed by atoms with van der Waals surface area (Å²) < 4.78 is 6.72. The van der Waals surface area contributed by atoms with Gasteiger partial charge in [0.05, 0.1) is 21.8 Å². The molecule has 4 nitrogen and oxygen atoms in total. The largest absolute Gasteiger partial charge is 0.406 e.